The van der Waals surface area contributed by atoms with Crippen LogP contribution in [0.3, 0.4) is 0 Å². The molecule has 0 bridgehead atoms. The molecule has 1 aromatic heterocycles. The van der Waals surface area contributed by atoms with Gasteiger partial charge in [0.25, 0.3) is 0 Å². The number of para-hydroxylation sites is 1. The number of anilines is 1. The molecule has 5 rings (SSSR count). The lowest BCUT2D eigenvalue weighted by atomic mass is 9.98. The van der Waals surface area contributed by atoms with E-state index in [1.54, 1.807) is 36.5 Å². The molecule has 1 heterocycles. The van der Waals surface area contributed by atoms with E-state index >= 15 is 0 Å². The smallest absolute Gasteiger partial charge is 0.411 e. The van der Waals surface area contributed by atoms with Crippen LogP contribution in [0.4, 0.5) is 10.5 Å². The molecule has 0 aliphatic heterocycles. The number of pyridine rings is 1. The number of amides is 1. The predicted molar refractivity (Wildman–Crippen MR) is 123 cm³/mol. The molecule has 2 N–H and O–H groups in total. The third-order valence-corrected chi connectivity index (χ3v) is 5.80. The highest BCUT2D eigenvalue weighted by atomic mass is 16.5. The monoisotopic (exact) mass is 422 g/mol. The van der Waals surface area contributed by atoms with Crippen LogP contribution in [-0.4, -0.2) is 22.8 Å². The normalized spacial score (nSPS) is 13.2. The van der Waals surface area contributed by atoms with E-state index in [-0.39, 0.29) is 12.5 Å². The number of nitrogens with one attached hydrogen (secondary N) is 1. The number of aliphatic hydroxyl groups is 1. The SMILES string of the molecule is O=C(Nc1ccccc1C(O)c1ccccn1)OCC1c2ccccc2-c2ccccc21. The van der Waals surface area contributed by atoms with Gasteiger partial charge in [-0.25, -0.2) is 4.79 Å². The van der Waals surface area contributed by atoms with E-state index in [2.05, 4.69) is 34.6 Å². The van der Waals surface area contributed by atoms with Crippen LogP contribution in [-0.2, 0) is 4.74 Å². The van der Waals surface area contributed by atoms with E-state index in [9.17, 15) is 9.90 Å². The number of hydrogen-bond acceptors (Lipinski definition) is 4. The van der Waals surface area contributed by atoms with Crippen molar-refractivity contribution in [1.29, 1.82) is 0 Å². The third kappa shape index (κ3) is 3.74. The summed E-state index contributed by atoms with van der Waals surface area (Å²) in [5.74, 6) is -0.0116. The Hall–Kier alpha value is -3.96. The molecule has 4 aromatic rings. The van der Waals surface area contributed by atoms with Gasteiger partial charge in [0.05, 0.1) is 11.4 Å². The molecular formula is C27H22N2O3. The van der Waals surface area contributed by atoms with E-state index < -0.39 is 12.2 Å². The van der Waals surface area contributed by atoms with Crippen LogP contribution in [0.1, 0.15) is 34.4 Å². The molecule has 1 aliphatic carbocycles. The second-order valence-electron chi connectivity index (χ2n) is 7.69. The van der Waals surface area contributed by atoms with Gasteiger partial charge in [-0.1, -0.05) is 72.8 Å². The maximum atomic E-state index is 12.7. The lowest BCUT2D eigenvalue weighted by Crippen LogP contribution is -2.19. The molecule has 32 heavy (non-hydrogen) atoms. The molecule has 0 radical (unpaired) electrons. The maximum absolute atomic E-state index is 12.7. The van der Waals surface area contributed by atoms with Crippen molar-refractivity contribution in [2.45, 2.75) is 12.0 Å². The van der Waals surface area contributed by atoms with Gasteiger partial charge in [-0.15, -0.1) is 0 Å². The minimum Gasteiger partial charge on any atom is -0.448 e. The zero-order valence-corrected chi connectivity index (χ0v) is 17.3. The molecule has 1 amide bonds. The number of hydrogen-bond donors (Lipinski definition) is 2. The minimum atomic E-state index is -0.957. The summed E-state index contributed by atoms with van der Waals surface area (Å²) >= 11 is 0. The van der Waals surface area contributed by atoms with E-state index in [0.29, 0.717) is 16.9 Å². The summed E-state index contributed by atoms with van der Waals surface area (Å²) in [6.07, 6.45) is 0.106. The zero-order valence-electron chi connectivity index (χ0n) is 17.3. The molecule has 0 saturated heterocycles. The molecule has 158 valence electrons. The second kappa shape index (κ2) is 8.65. The van der Waals surface area contributed by atoms with E-state index in [1.807, 2.05) is 36.4 Å². The molecule has 1 unspecified atom stereocenters. The van der Waals surface area contributed by atoms with Gasteiger partial charge < -0.3 is 9.84 Å². The first kappa shape index (κ1) is 20.0. The van der Waals surface area contributed by atoms with Gasteiger partial charge in [0.1, 0.15) is 12.7 Å². The van der Waals surface area contributed by atoms with Crippen molar-refractivity contribution >= 4 is 11.8 Å². The van der Waals surface area contributed by atoms with Crippen molar-refractivity contribution in [3.63, 3.8) is 0 Å². The molecule has 0 fully saturated rings. The summed E-state index contributed by atoms with van der Waals surface area (Å²) in [6.45, 7) is 0.227. The maximum Gasteiger partial charge on any atom is 0.411 e. The third-order valence-electron chi connectivity index (χ3n) is 5.80. The standard InChI is InChI=1S/C27H22N2O3/c30-26(25-15-7-8-16-28-25)22-13-5-6-14-24(22)29-27(31)32-17-23-20-11-3-1-9-18(20)19-10-2-4-12-21(19)23/h1-16,23,26,30H,17H2,(H,29,31). The Morgan fingerprint density at radius 3 is 2.19 bits per heavy atom. The quantitative estimate of drug-likeness (QED) is 0.444. The van der Waals surface area contributed by atoms with E-state index in [0.717, 1.165) is 11.1 Å². The molecule has 0 spiro atoms. The van der Waals surface area contributed by atoms with Crippen LogP contribution in [0.5, 0.6) is 0 Å². The molecule has 1 aliphatic rings. The molecule has 0 saturated carbocycles. The summed E-state index contributed by atoms with van der Waals surface area (Å²) in [5.41, 5.74) is 6.23. The van der Waals surface area contributed by atoms with Crippen molar-refractivity contribution in [3.05, 3.63) is 120 Å². The molecular weight excluding hydrogens is 400 g/mol. The number of aromatic nitrogens is 1. The summed E-state index contributed by atoms with van der Waals surface area (Å²) in [4.78, 5) is 16.9. The predicted octanol–water partition coefficient (Wildman–Crippen LogP) is 5.52. The Kier molecular flexibility index (Phi) is 5.40. The number of ether oxygens (including phenoxy) is 1. The molecule has 1 atom stereocenters. The van der Waals surface area contributed by atoms with Crippen LogP contribution in [0.2, 0.25) is 0 Å². The summed E-state index contributed by atoms with van der Waals surface area (Å²) in [7, 11) is 0. The van der Waals surface area contributed by atoms with E-state index in [4.69, 9.17) is 4.74 Å². The fourth-order valence-electron chi connectivity index (χ4n) is 4.29. The Labute approximate surface area is 186 Å². The number of aliphatic hydroxyl groups excluding tert-OH is 1. The first-order valence-corrected chi connectivity index (χ1v) is 10.5. The average Bonchev–Trinajstić information content (AvgIpc) is 3.17. The Balaban J connectivity index is 1.32. The number of rotatable bonds is 5. The second-order valence-corrected chi connectivity index (χ2v) is 7.69. The number of fused-ring (bicyclic) bond motifs is 3. The first-order valence-electron chi connectivity index (χ1n) is 10.5. The number of carbonyl (C=O) groups excluding carboxylic acids is 1. The number of carbonyl (C=O) groups is 1. The van der Waals surface area contributed by atoms with Gasteiger partial charge in [0.2, 0.25) is 0 Å². The molecule has 5 heteroatoms. The highest BCUT2D eigenvalue weighted by Gasteiger charge is 2.29. The van der Waals surface area contributed by atoms with Gasteiger partial charge in [0.15, 0.2) is 0 Å². The Morgan fingerprint density at radius 1 is 0.875 bits per heavy atom. The first-order chi connectivity index (χ1) is 15.7. The Morgan fingerprint density at radius 2 is 1.50 bits per heavy atom. The van der Waals surface area contributed by atoms with Crippen LogP contribution >= 0.6 is 0 Å². The number of benzene rings is 3. The van der Waals surface area contributed by atoms with Gasteiger partial charge in [-0.3, -0.25) is 10.3 Å². The van der Waals surface area contributed by atoms with Crippen molar-refractivity contribution in [2.24, 2.45) is 0 Å². The van der Waals surface area contributed by atoms with Gasteiger partial charge in [-0.05, 0) is 40.5 Å². The fraction of sp³-hybridized carbons (Fsp3) is 0.111. The highest BCUT2D eigenvalue weighted by Crippen LogP contribution is 2.44. The van der Waals surface area contributed by atoms with Gasteiger partial charge in [-0.2, -0.15) is 0 Å². The van der Waals surface area contributed by atoms with Crippen molar-refractivity contribution < 1.29 is 14.6 Å². The topological polar surface area (TPSA) is 71.5 Å². The Bertz CT molecular complexity index is 1210. The largest absolute Gasteiger partial charge is 0.448 e. The van der Waals surface area contributed by atoms with Gasteiger partial charge in [0, 0.05) is 17.7 Å². The van der Waals surface area contributed by atoms with Crippen molar-refractivity contribution in [2.75, 3.05) is 11.9 Å². The average molecular weight is 422 g/mol. The summed E-state index contributed by atoms with van der Waals surface area (Å²) in [6, 6.07) is 28.9. The van der Waals surface area contributed by atoms with Crippen LogP contribution in [0.25, 0.3) is 11.1 Å². The minimum absolute atomic E-state index is 0.0116. The van der Waals surface area contributed by atoms with Gasteiger partial charge >= 0.3 is 6.09 Å². The van der Waals surface area contributed by atoms with Crippen LogP contribution in [0.15, 0.2) is 97.2 Å². The fourth-order valence-corrected chi connectivity index (χ4v) is 4.29. The van der Waals surface area contributed by atoms with Crippen molar-refractivity contribution in [3.8, 4) is 11.1 Å². The van der Waals surface area contributed by atoms with Crippen LogP contribution in [0, 0.1) is 0 Å². The van der Waals surface area contributed by atoms with E-state index in [1.165, 1.54) is 11.1 Å². The lowest BCUT2D eigenvalue weighted by molar-refractivity contribution is 0.158. The lowest BCUT2D eigenvalue weighted by Gasteiger charge is -2.17. The molecule has 3 aromatic carbocycles. The molecule has 5 nitrogen and oxygen atoms in total. The van der Waals surface area contributed by atoms with Crippen LogP contribution < -0.4 is 5.32 Å². The van der Waals surface area contributed by atoms with Crippen molar-refractivity contribution in [1.82, 2.24) is 4.98 Å². The summed E-state index contributed by atoms with van der Waals surface area (Å²) < 4.78 is 5.64. The highest BCUT2D eigenvalue weighted by molar-refractivity contribution is 5.86. The summed E-state index contributed by atoms with van der Waals surface area (Å²) in [5, 5.41) is 13.5. The number of nitrogens with zero attached hydrogens (tertiary/aromatic N) is 1. The zero-order chi connectivity index (χ0) is 21.9.